The number of para-hydroxylation sites is 1. The van der Waals surface area contributed by atoms with Crippen LogP contribution in [0.1, 0.15) is 13.8 Å². The molecule has 1 aliphatic carbocycles. The van der Waals surface area contributed by atoms with E-state index in [0.717, 1.165) is 38.7 Å². The molecule has 0 saturated carbocycles. The summed E-state index contributed by atoms with van der Waals surface area (Å²) >= 11 is 0. The Morgan fingerprint density at radius 1 is 0.838 bits per heavy atom. The third kappa shape index (κ3) is 4.37. The van der Waals surface area contributed by atoms with E-state index in [4.69, 9.17) is 14.5 Å². The molecule has 0 amide bonds. The zero-order valence-corrected chi connectivity index (χ0v) is 22.6. The normalized spacial score (nSPS) is 11.7. The Morgan fingerprint density at radius 3 is 2.27 bits per heavy atom. The van der Waals surface area contributed by atoms with Gasteiger partial charge in [0, 0.05) is 37.0 Å². The minimum absolute atomic E-state index is 0. The van der Waals surface area contributed by atoms with Gasteiger partial charge in [-0.1, -0.05) is 66.0 Å². The largest absolute Gasteiger partial charge is 0.512 e. The molecule has 183 valence electrons. The van der Waals surface area contributed by atoms with Crippen LogP contribution in [0.2, 0.25) is 0 Å². The zero-order chi connectivity index (χ0) is 24.8. The number of fused-ring (bicyclic) bond motifs is 6. The summed E-state index contributed by atoms with van der Waals surface area (Å²) in [6.45, 7) is 2.85. The fraction of sp³-hybridized carbons (Fsp3) is 0.0625. The monoisotopic (exact) mass is 661 g/mol. The maximum absolute atomic E-state index is 10.0. The van der Waals surface area contributed by atoms with Crippen molar-refractivity contribution in [2.24, 2.45) is 0 Å². The molecule has 5 heteroatoms. The van der Waals surface area contributed by atoms with Crippen LogP contribution < -0.4 is 0 Å². The van der Waals surface area contributed by atoms with Gasteiger partial charge < -0.3 is 9.52 Å². The summed E-state index contributed by atoms with van der Waals surface area (Å²) in [4.78, 5) is 15.0. The number of carbonyl (C=O) groups is 1. The molecule has 4 aromatic carbocycles. The van der Waals surface area contributed by atoms with Crippen molar-refractivity contribution in [2.45, 2.75) is 13.8 Å². The number of hydrogen-bond donors (Lipinski definition) is 1. The molecule has 2 heterocycles. The Morgan fingerprint density at radius 2 is 1.54 bits per heavy atom. The Bertz CT molecular complexity index is 1840. The molecule has 0 spiro atoms. The first-order chi connectivity index (χ1) is 17.5. The summed E-state index contributed by atoms with van der Waals surface area (Å²) in [5.74, 6) is -0.0625. The Kier molecular flexibility index (Phi) is 6.51. The average molecular weight is 661 g/mol. The van der Waals surface area contributed by atoms with E-state index in [-0.39, 0.29) is 31.6 Å². The predicted molar refractivity (Wildman–Crippen MR) is 145 cm³/mol. The van der Waals surface area contributed by atoms with Gasteiger partial charge in [0.1, 0.15) is 5.58 Å². The summed E-state index contributed by atoms with van der Waals surface area (Å²) in [6.07, 6.45) is 1.17. The van der Waals surface area contributed by atoms with Crippen LogP contribution in [0.15, 0.2) is 101 Å². The number of ketones is 1. The SMILES string of the molecule is CC(=O)/C=C(/C)O.[Ir].[c-]1cc2oc3ccccc3c2cc1-c1cc2c3c(cccc3n1)-c1ccccc1-2. The molecule has 2 aromatic heterocycles. The van der Waals surface area contributed by atoms with Crippen LogP contribution in [0.25, 0.3) is 66.4 Å². The van der Waals surface area contributed by atoms with E-state index in [1.807, 2.05) is 24.3 Å². The molecule has 37 heavy (non-hydrogen) atoms. The summed E-state index contributed by atoms with van der Waals surface area (Å²) in [6, 6.07) is 32.8. The maximum atomic E-state index is 10.0. The molecular formula is C32H22IrNO3-. The third-order valence-corrected chi connectivity index (χ3v) is 6.34. The van der Waals surface area contributed by atoms with Gasteiger partial charge in [0.25, 0.3) is 0 Å². The van der Waals surface area contributed by atoms with Gasteiger partial charge in [0.05, 0.1) is 16.9 Å². The molecule has 6 aromatic rings. The molecule has 7 rings (SSSR count). The van der Waals surface area contributed by atoms with Crippen LogP contribution in [0.5, 0.6) is 0 Å². The third-order valence-electron chi connectivity index (χ3n) is 6.34. The number of benzene rings is 4. The van der Waals surface area contributed by atoms with Crippen LogP contribution in [0.3, 0.4) is 0 Å². The first kappa shape index (κ1) is 24.6. The van der Waals surface area contributed by atoms with Crippen molar-refractivity contribution in [1.82, 2.24) is 4.98 Å². The van der Waals surface area contributed by atoms with Crippen LogP contribution in [0, 0.1) is 6.07 Å². The van der Waals surface area contributed by atoms with Crippen molar-refractivity contribution < 1.29 is 34.4 Å². The molecule has 0 atom stereocenters. The van der Waals surface area contributed by atoms with Crippen molar-refractivity contribution in [3.63, 3.8) is 0 Å². The second kappa shape index (κ2) is 9.78. The van der Waals surface area contributed by atoms with E-state index in [2.05, 4.69) is 66.7 Å². The number of nitrogens with zero attached hydrogens (tertiary/aromatic N) is 1. The van der Waals surface area contributed by atoms with E-state index in [9.17, 15) is 4.79 Å². The number of rotatable bonds is 2. The van der Waals surface area contributed by atoms with Gasteiger partial charge in [-0.2, -0.15) is 0 Å². The van der Waals surface area contributed by atoms with Gasteiger partial charge in [-0.05, 0) is 53.9 Å². The zero-order valence-electron chi connectivity index (χ0n) is 20.2. The van der Waals surface area contributed by atoms with Crippen LogP contribution in [-0.2, 0) is 24.9 Å². The molecule has 0 saturated heterocycles. The number of allylic oxidation sites excluding steroid dienone is 2. The first-order valence-corrected chi connectivity index (χ1v) is 11.7. The van der Waals surface area contributed by atoms with Gasteiger partial charge in [0.15, 0.2) is 5.78 Å². The summed E-state index contributed by atoms with van der Waals surface area (Å²) in [5.41, 5.74) is 9.78. The van der Waals surface area contributed by atoms with Gasteiger partial charge in [-0.15, -0.1) is 23.8 Å². The Labute approximate surface area is 227 Å². The molecular weight excluding hydrogens is 639 g/mol. The molecule has 1 aliphatic rings. The summed E-state index contributed by atoms with van der Waals surface area (Å²) in [7, 11) is 0. The van der Waals surface area contributed by atoms with Gasteiger partial charge >= 0.3 is 0 Å². The van der Waals surface area contributed by atoms with Crippen molar-refractivity contribution in [3.8, 4) is 33.5 Å². The van der Waals surface area contributed by atoms with Gasteiger partial charge in [-0.25, -0.2) is 0 Å². The number of aliphatic hydroxyl groups is 1. The minimum Gasteiger partial charge on any atom is -0.512 e. The molecule has 0 bridgehead atoms. The average Bonchev–Trinajstić information content (AvgIpc) is 3.40. The number of hydrogen-bond acceptors (Lipinski definition) is 4. The minimum atomic E-state index is -0.125. The Hall–Kier alpha value is -4.05. The van der Waals surface area contributed by atoms with Crippen molar-refractivity contribution in [2.75, 3.05) is 0 Å². The summed E-state index contributed by atoms with van der Waals surface area (Å²) < 4.78 is 5.96. The van der Waals surface area contributed by atoms with E-state index >= 15 is 0 Å². The second-order valence-electron chi connectivity index (χ2n) is 8.92. The van der Waals surface area contributed by atoms with Crippen LogP contribution in [0.4, 0.5) is 0 Å². The first-order valence-electron chi connectivity index (χ1n) is 11.7. The topological polar surface area (TPSA) is 63.3 Å². The number of furan rings is 1. The predicted octanol–water partition coefficient (Wildman–Crippen LogP) is 8.28. The number of pyridine rings is 1. The van der Waals surface area contributed by atoms with Crippen LogP contribution in [-0.4, -0.2) is 15.9 Å². The number of aliphatic hydroxyl groups excluding tert-OH is 1. The molecule has 0 fully saturated rings. The molecule has 4 nitrogen and oxygen atoms in total. The van der Waals surface area contributed by atoms with E-state index in [1.165, 1.54) is 47.6 Å². The fourth-order valence-corrected chi connectivity index (χ4v) is 4.93. The quantitative estimate of drug-likeness (QED) is 0.115. The molecule has 1 N–H and O–H groups in total. The number of carbonyl (C=O) groups excluding carboxylic acids is 1. The second-order valence-corrected chi connectivity index (χ2v) is 8.92. The molecule has 1 radical (unpaired) electrons. The van der Waals surface area contributed by atoms with E-state index < -0.39 is 0 Å². The van der Waals surface area contributed by atoms with Gasteiger partial charge in [-0.3, -0.25) is 9.78 Å². The summed E-state index contributed by atoms with van der Waals surface area (Å²) in [5, 5.41) is 11.8. The van der Waals surface area contributed by atoms with E-state index in [1.54, 1.807) is 0 Å². The smallest absolute Gasteiger partial charge is 0.155 e. The van der Waals surface area contributed by atoms with Crippen molar-refractivity contribution in [1.29, 1.82) is 0 Å². The van der Waals surface area contributed by atoms with Crippen molar-refractivity contribution >= 4 is 38.6 Å². The number of aromatic nitrogens is 1. The molecule has 0 unspecified atom stereocenters. The van der Waals surface area contributed by atoms with Crippen molar-refractivity contribution in [3.05, 3.63) is 103 Å². The fourth-order valence-electron chi connectivity index (χ4n) is 4.93. The van der Waals surface area contributed by atoms with Gasteiger partial charge in [0.2, 0.25) is 0 Å². The molecule has 0 aliphatic heterocycles. The Balaban J connectivity index is 0.000000313. The standard InChI is InChI=1S/C27H14NO.C5H8O2.Ir/c1-2-7-18-17(6-1)20-9-5-10-23-27(20)22(18)15-24(28-23)16-12-13-26-21(14-16)19-8-3-4-11-25(19)29-26;1-4(6)3-5(2)7;/h1-11,13-15H;3,6H,1-2H3;/q-1;;/b;4-3-;. The van der Waals surface area contributed by atoms with Crippen LogP contribution >= 0.6 is 0 Å². The van der Waals surface area contributed by atoms with E-state index in [0.29, 0.717) is 0 Å². The maximum Gasteiger partial charge on any atom is 0.155 e.